The molecular formula is C27H31N5O2. The first kappa shape index (κ1) is 22.5. The van der Waals surface area contributed by atoms with Crippen LogP contribution in [0.1, 0.15) is 61.9 Å². The van der Waals surface area contributed by atoms with Crippen molar-refractivity contribution in [2.45, 2.75) is 57.1 Å². The lowest BCUT2D eigenvalue weighted by Crippen LogP contribution is -2.57. The molecule has 7 heteroatoms. The molecule has 2 saturated carbocycles. The summed E-state index contributed by atoms with van der Waals surface area (Å²) in [5.74, 6) is 1.65. The second-order valence-electron chi connectivity index (χ2n) is 9.84. The maximum absolute atomic E-state index is 12.8. The molecule has 2 aliphatic carbocycles. The highest BCUT2D eigenvalue weighted by Gasteiger charge is 2.42. The first-order valence-electron chi connectivity index (χ1n) is 12.2. The molecule has 2 aromatic rings. The number of hydrogen-bond donors (Lipinski definition) is 1. The smallest absolute Gasteiger partial charge is 0.225 e. The van der Waals surface area contributed by atoms with E-state index in [-0.39, 0.29) is 18.4 Å². The molecule has 0 radical (unpaired) electrons. The molecule has 5 rings (SSSR count). The molecule has 1 unspecified atom stereocenters. The molecule has 2 aromatic heterocycles. The van der Waals surface area contributed by atoms with Crippen LogP contribution < -0.4 is 4.90 Å². The SMILES string of the molecule is C=Cc1cc(-c2cc(C#N)c(N3CCN(C(=O)C[C@H](C)O)C(C4CC4)C3)nc2C2CC2)ccn1. The van der Waals surface area contributed by atoms with E-state index in [4.69, 9.17) is 4.98 Å². The van der Waals surface area contributed by atoms with Gasteiger partial charge in [-0.1, -0.05) is 6.58 Å². The van der Waals surface area contributed by atoms with Gasteiger partial charge in [0.15, 0.2) is 0 Å². The molecule has 176 valence electrons. The molecule has 2 atom stereocenters. The number of pyridine rings is 2. The number of amides is 1. The van der Waals surface area contributed by atoms with E-state index in [1.807, 2.05) is 23.1 Å². The average molecular weight is 458 g/mol. The number of nitrogens with zero attached hydrogens (tertiary/aromatic N) is 5. The van der Waals surface area contributed by atoms with Gasteiger partial charge >= 0.3 is 0 Å². The minimum Gasteiger partial charge on any atom is -0.393 e. The third kappa shape index (κ3) is 4.55. The van der Waals surface area contributed by atoms with E-state index >= 15 is 0 Å². The monoisotopic (exact) mass is 457 g/mol. The van der Waals surface area contributed by atoms with Gasteiger partial charge in [0.2, 0.25) is 5.91 Å². The van der Waals surface area contributed by atoms with Crippen LogP contribution in [0.5, 0.6) is 0 Å². The van der Waals surface area contributed by atoms with E-state index in [1.54, 1.807) is 19.2 Å². The molecule has 1 N–H and O–H groups in total. The molecule has 0 spiro atoms. The number of hydrogen-bond acceptors (Lipinski definition) is 6. The quantitative estimate of drug-likeness (QED) is 0.681. The van der Waals surface area contributed by atoms with Crippen molar-refractivity contribution in [2.75, 3.05) is 24.5 Å². The van der Waals surface area contributed by atoms with Gasteiger partial charge in [-0.3, -0.25) is 9.78 Å². The Morgan fingerprint density at radius 2 is 2.12 bits per heavy atom. The molecule has 7 nitrogen and oxygen atoms in total. The highest BCUT2D eigenvalue weighted by Crippen LogP contribution is 2.45. The summed E-state index contributed by atoms with van der Waals surface area (Å²) in [4.78, 5) is 26.4. The molecule has 3 fully saturated rings. The zero-order chi connectivity index (χ0) is 23.8. The van der Waals surface area contributed by atoms with Crippen molar-refractivity contribution >= 4 is 17.8 Å². The summed E-state index contributed by atoms with van der Waals surface area (Å²) in [6.45, 7) is 7.39. The van der Waals surface area contributed by atoms with Crippen LogP contribution in [0.3, 0.4) is 0 Å². The zero-order valence-electron chi connectivity index (χ0n) is 19.7. The van der Waals surface area contributed by atoms with Crippen LogP contribution in [-0.2, 0) is 4.79 Å². The van der Waals surface area contributed by atoms with Crippen LogP contribution >= 0.6 is 0 Å². The maximum Gasteiger partial charge on any atom is 0.225 e. The Hall–Kier alpha value is -3.24. The van der Waals surface area contributed by atoms with Crippen molar-refractivity contribution in [3.05, 3.63) is 47.9 Å². The average Bonchev–Trinajstić information content (AvgIpc) is 3.76. The fourth-order valence-corrected chi connectivity index (χ4v) is 5.03. The summed E-state index contributed by atoms with van der Waals surface area (Å²) in [6.07, 6.45) is 7.47. The predicted molar refractivity (Wildman–Crippen MR) is 131 cm³/mol. The van der Waals surface area contributed by atoms with Crippen LogP contribution in [0.4, 0.5) is 5.82 Å². The summed E-state index contributed by atoms with van der Waals surface area (Å²) in [6, 6.07) is 8.43. The molecule has 0 bridgehead atoms. The van der Waals surface area contributed by atoms with E-state index in [9.17, 15) is 15.2 Å². The van der Waals surface area contributed by atoms with Gasteiger partial charge in [-0.15, -0.1) is 0 Å². The van der Waals surface area contributed by atoms with E-state index in [0.717, 1.165) is 54.0 Å². The van der Waals surface area contributed by atoms with Crippen LogP contribution in [0.25, 0.3) is 17.2 Å². The Labute approximate surface area is 200 Å². The van der Waals surface area contributed by atoms with E-state index in [0.29, 0.717) is 37.0 Å². The lowest BCUT2D eigenvalue weighted by molar-refractivity contribution is -0.136. The fraction of sp³-hybridized carbons (Fsp3) is 0.481. The number of aliphatic hydroxyl groups excluding tert-OH is 1. The standard InChI is InChI=1S/C27H31N5O2/c1-3-22-13-20(8-9-29-22)23-14-21(15-28)27(30-26(23)19-6-7-19)31-10-11-32(25(34)12-17(2)33)24(16-31)18-4-5-18/h3,8-9,13-14,17-19,24,33H,1,4-7,10-12,16H2,2H3/t17-,24?/m0/s1. The van der Waals surface area contributed by atoms with Crippen LogP contribution in [0.15, 0.2) is 31.0 Å². The highest BCUT2D eigenvalue weighted by molar-refractivity contribution is 5.78. The molecule has 0 aromatic carbocycles. The van der Waals surface area contributed by atoms with E-state index < -0.39 is 6.10 Å². The van der Waals surface area contributed by atoms with Crippen molar-refractivity contribution in [3.8, 4) is 17.2 Å². The Morgan fingerprint density at radius 1 is 1.32 bits per heavy atom. The number of nitriles is 1. The molecule has 1 saturated heterocycles. The van der Waals surface area contributed by atoms with Crippen molar-refractivity contribution < 1.29 is 9.90 Å². The first-order valence-corrected chi connectivity index (χ1v) is 12.2. The van der Waals surface area contributed by atoms with Crippen molar-refractivity contribution in [2.24, 2.45) is 5.92 Å². The van der Waals surface area contributed by atoms with Gasteiger partial charge < -0.3 is 14.9 Å². The molecule has 3 heterocycles. The molecule has 3 aliphatic rings. The van der Waals surface area contributed by atoms with Gasteiger partial charge in [-0.2, -0.15) is 5.26 Å². The zero-order valence-corrected chi connectivity index (χ0v) is 19.7. The van der Waals surface area contributed by atoms with Crippen molar-refractivity contribution in [1.82, 2.24) is 14.9 Å². The van der Waals surface area contributed by atoms with Crippen molar-refractivity contribution in [1.29, 1.82) is 5.26 Å². The summed E-state index contributed by atoms with van der Waals surface area (Å²) in [5, 5.41) is 19.8. The Bertz CT molecular complexity index is 1150. The number of rotatable bonds is 7. The van der Waals surface area contributed by atoms with Gasteiger partial charge in [-0.25, -0.2) is 4.98 Å². The number of piperazine rings is 1. The number of aliphatic hydroxyl groups is 1. The summed E-state index contributed by atoms with van der Waals surface area (Å²) >= 11 is 0. The Morgan fingerprint density at radius 3 is 2.76 bits per heavy atom. The van der Waals surface area contributed by atoms with Gasteiger partial charge in [0.05, 0.1) is 35.5 Å². The lowest BCUT2D eigenvalue weighted by atomic mass is 9.98. The topological polar surface area (TPSA) is 93.4 Å². The van der Waals surface area contributed by atoms with Gasteiger partial charge in [0.25, 0.3) is 0 Å². The third-order valence-corrected chi connectivity index (χ3v) is 7.09. The normalized spacial score (nSPS) is 21.1. The van der Waals surface area contributed by atoms with E-state index in [2.05, 4.69) is 22.5 Å². The van der Waals surface area contributed by atoms with Gasteiger partial charge in [0.1, 0.15) is 11.9 Å². The van der Waals surface area contributed by atoms with E-state index in [1.165, 1.54) is 0 Å². The molecule has 1 aliphatic heterocycles. The minimum atomic E-state index is -0.638. The predicted octanol–water partition coefficient (Wildman–Crippen LogP) is 3.73. The lowest BCUT2D eigenvalue weighted by Gasteiger charge is -2.43. The molecule has 1 amide bonds. The van der Waals surface area contributed by atoms with Crippen LogP contribution in [0.2, 0.25) is 0 Å². The number of carbonyl (C=O) groups is 1. The Balaban J connectivity index is 1.48. The van der Waals surface area contributed by atoms with Crippen LogP contribution in [0, 0.1) is 17.2 Å². The maximum atomic E-state index is 12.8. The second kappa shape index (κ2) is 9.19. The van der Waals surface area contributed by atoms with Gasteiger partial charge in [0, 0.05) is 37.3 Å². The summed E-state index contributed by atoms with van der Waals surface area (Å²) < 4.78 is 0. The summed E-state index contributed by atoms with van der Waals surface area (Å²) in [5.41, 5.74) is 4.41. The number of carbonyl (C=O) groups excluding carboxylic acids is 1. The second-order valence-corrected chi connectivity index (χ2v) is 9.84. The van der Waals surface area contributed by atoms with Crippen molar-refractivity contribution in [3.63, 3.8) is 0 Å². The van der Waals surface area contributed by atoms with Gasteiger partial charge in [-0.05, 0) is 68.4 Å². The number of anilines is 1. The first-order chi connectivity index (χ1) is 16.5. The number of aromatic nitrogens is 2. The summed E-state index contributed by atoms with van der Waals surface area (Å²) in [7, 11) is 0. The van der Waals surface area contributed by atoms with Crippen LogP contribution in [-0.4, -0.2) is 57.7 Å². The minimum absolute atomic E-state index is 0.0183. The molecule has 34 heavy (non-hydrogen) atoms. The largest absolute Gasteiger partial charge is 0.393 e. The third-order valence-electron chi connectivity index (χ3n) is 7.09. The molecular weight excluding hydrogens is 426 g/mol. The Kier molecular flexibility index (Phi) is 6.09. The fourth-order valence-electron chi connectivity index (χ4n) is 5.03. The highest BCUT2D eigenvalue weighted by atomic mass is 16.3.